The van der Waals surface area contributed by atoms with Gasteiger partial charge in [-0.2, -0.15) is 8.42 Å². The van der Waals surface area contributed by atoms with Gasteiger partial charge in [-0.1, -0.05) is 44.8 Å². The van der Waals surface area contributed by atoms with E-state index in [0.29, 0.717) is 28.7 Å². The van der Waals surface area contributed by atoms with Crippen molar-refractivity contribution in [2.45, 2.75) is 34.1 Å². The number of amides is 1. The van der Waals surface area contributed by atoms with Crippen molar-refractivity contribution in [1.82, 2.24) is 14.7 Å². The fourth-order valence-electron chi connectivity index (χ4n) is 2.88. The van der Waals surface area contributed by atoms with Crippen LogP contribution in [0, 0.1) is 0 Å². The molecule has 7 nitrogen and oxygen atoms in total. The van der Waals surface area contributed by atoms with E-state index in [1.165, 1.54) is 31.4 Å². The molecule has 0 spiro atoms. The van der Waals surface area contributed by atoms with Crippen LogP contribution in [-0.2, 0) is 14.9 Å². The van der Waals surface area contributed by atoms with Crippen molar-refractivity contribution >= 4 is 56.1 Å². The zero-order valence-electron chi connectivity index (χ0n) is 18.2. The molecule has 0 aliphatic carbocycles. The van der Waals surface area contributed by atoms with Crippen LogP contribution in [0.4, 0.5) is 0 Å². The first-order valence-electron chi connectivity index (χ1n) is 10.2. The lowest BCUT2D eigenvalue weighted by Crippen LogP contribution is -2.27. The van der Waals surface area contributed by atoms with Crippen LogP contribution in [0.25, 0.3) is 0 Å². The van der Waals surface area contributed by atoms with Gasteiger partial charge in [-0.3, -0.25) is 14.2 Å². The highest BCUT2D eigenvalue weighted by Gasteiger charge is 2.30. The van der Waals surface area contributed by atoms with Gasteiger partial charge in [0.15, 0.2) is 0 Å². The van der Waals surface area contributed by atoms with Crippen LogP contribution in [0.15, 0.2) is 22.1 Å². The lowest BCUT2D eigenvalue weighted by atomic mass is 10.4. The number of likely N-dealkylation sites (N-methyl/N-ethyl adjacent to an activating group) is 1. The van der Waals surface area contributed by atoms with Gasteiger partial charge in [-0.15, -0.1) is 11.8 Å². The summed E-state index contributed by atoms with van der Waals surface area (Å²) in [6, 6.07) is 0. The number of thiocarbonyl (C=S) groups is 1. The molecule has 0 saturated carbocycles. The molecule has 30 heavy (non-hydrogen) atoms. The first-order valence-corrected chi connectivity index (χ1v) is 14.0. The minimum absolute atomic E-state index is 0.0692. The number of hydrogen-bond donors (Lipinski definition) is 1. The minimum Gasteiger partial charge on any atom is -0.366 e. The van der Waals surface area contributed by atoms with Gasteiger partial charge in [-0.25, -0.2) is 0 Å². The number of hydrogen-bond acceptors (Lipinski definition) is 8. The maximum absolute atomic E-state index is 12.1. The van der Waals surface area contributed by atoms with Crippen LogP contribution in [0.1, 0.15) is 34.1 Å². The first kappa shape index (κ1) is 27.4. The van der Waals surface area contributed by atoms with E-state index in [2.05, 4.69) is 30.6 Å². The van der Waals surface area contributed by atoms with Crippen molar-refractivity contribution < 1.29 is 17.8 Å². The number of nitrogens with zero attached hydrogens (tertiary/aromatic N) is 3. The van der Waals surface area contributed by atoms with E-state index in [-0.39, 0.29) is 11.7 Å². The third kappa shape index (κ3) is 9.27. The van der Waals surface area contributed by atoms with Gasteiger partial charge in [0.25, 0.3) is 16.0 Å². The third-order valence-corrected chi connectivity index (χ3v) is 7.94. The molecule has 2 fully saturated rings. The van der Waals surface area contributed by atoms with Crippen molar-refractivity contribution in [1.29, 1.82) is 0 Å². The predicted molar refractivity (Wildman–Crippen MR) is 132 cm³/mol. The Morgan fingerprint density at radius 3 is 2.27 bits per heavy atom. The summed E-state index contributed by atoms with van der Waals surface area (Å²) in [4.78, 5) is 18.7. The van der Waals surface area contributed by atoms with Crippen LogP contribution in [0.5, 0.6) is 0 Å². The van der Waals surface area contributed by atoms with Crippen LogP contribution in [0.2, 0.25) is 0 Å². The SMILES string of the molecule is CCN(CC)CC.CCN1C(=O)/C(=C\C=C2\SCCN2CCCS(=O)(=O)O)SC1=S. The fourth-order valence-corrected chi connectivity index (χ4v) is 5.75. The Kier molecular flexibility index (Phi) is 12.6. The summed E-state index contributed by atoms with van der Waals surface area (Å²) in [5.74, 6) is 0.609. The van der Waals surface area contributed by atoms with E-state index in [0.717, 1.165) is 17.3 Å². The Labute approximate surface area is 195 Å². The molecule has 2 aliphatic heterocycles. The van der Waals surface area contributed by atoms with Crippen LogP contribution >= 0.6 is 35.7 Å². The maximum Gasteiger partial charge on any atom is 0.266 e. The van der Waals surface area contributed by atoms with Crippen LogP contribution < -0.4 is 0 Å². The summed E-state index contributed by atoms with van der Waals surface area (Å²) in [7, 11) is -3.91. The summed E-state index contributed by atoms with van der Waals surface area (Å²) in [5.41, 5.74) is 0. The van der Waals surface area contributed by atoms with Crippen LogP contribution in [-0.4, -0.2) is 88.7 Å². The van der Waals surface area contributed by atoms with E-state index in [1.807, 2.05) is 13.0 Å². The monoisotopic (exact) mass is 495 g/mol. The van der Waals surface area contributed by atoms with Crippen molar-refractivity contribution in [3.63, 3.8) is 0 Å². The molecule has 2 aliphatic rings. The van der Waals surface area contributed by atoms with Crippen molar-refractivity contribution in [3.05, 3.63) is 22.1 Å². The lowest BCUT2D eigenvalue weighted by molar-refractivity contribution is -0.122. The molecule has 2 saturated heterocycles. The Balaban J connectivity index is 0.000000553. The van der Waals surface area contributed by atoms with Gasteiger partial charge in [0.1, 0.15) is 4.32 Å². The Morgan fingerprint density at radius 2 is 1.80 bits per heavy atom. The number of thioether (sulfide) groups is 2. The molecule has 1 amide bonds. The van der Waals surface area contributed by atoms with Crippen molar-refractivity contribution in [2.75, 3.05) is 50.8 Å². The molecule has 0 aromatic carbocycles. The van der Waals surface area contributed by atoms with Crippen molar-refractivity contribution in [2.24, 2.45) is 0 Å². The first-order chi connectivity index (χ1) is 14.2. The van der Waals surface area contributed by atoms with Gasteiger partial charge in [0.2, 0.25) is 0 Å². The Bertz CT molecular complexity index is 743. The Hall–Kier alpha value is -0.590. The lowest BCUT2D eigenvalue weighted by Gasteiger charge is -2.18. The molecule has 0 unspecified atom stereocenters. The summed E-state index contributed by atoms with van der Waals surface area (Å²) in [5, 5.41) is 1.00. The second kappa shape index (κ2) is 13.7. The van der Waals surface area contributed by atoms with E-state index >= 15 is 0 Å². The van der Waals surface area contributed by atoms with Crippen LogP contribution in [0.3, 0.4) is 0 Å². The molecular formula is C19H33N3O4S4. The van der Waals surface area contributed by atoms with E-state index in [1.54, 1.807) is 22.7 Å². The molecule has 0 bridgehead atoms. The number of allylic oxidation sites excluding steroid dienone is 2. The minimum atomic E-state index is -3.91. The summed E-state index contributed by atoms with van der Waals surface area (Å²) in [6.07, 6.45) is 4.03. The normalized spacial score (nSPS) is 19.9. The number of carbonyl (C=O) groups is 1. The second-order valence-electron chi connectivity index (χ2n) is 6.55. The van der Waals surface area contributed by atoms with Gasteiger partial charge >= 0.3 is 0 Å². The van der Waals surface area contributed by atoms with Gasteiger partial charge in [0.05, 0.1) is 15.7 Å². The zero-order valence-corrected chi connectivity index (χ0v) is 21.4. The second-order valence-corrected chi connectivity index (χ2v) is 10.9. The number of rotatable bonds is 9. The largest absolute Gasteiger partial charge is 0.366 e. The molecule has 11 heteroatoms. The molecule has 172 valence electrons. The molecule has 0 aromatic rings. The average Bonchev–Trinajstić information content (AvgIpc) is 3.24. The highest BCUT2D eigenvalue weighted by atomic mass is 32.2. The standard InChI is InChI=1S/C13H18N2O4S4.C6H15N/c1-2-15-12(16)10(22-13(15)20)4-5-11-14(7-8-21-11)6-3-9-23(17,18)19;1-4-7(5-2)6-3/h4-5H,2-3,6-9H2,1H3,(H,17,18,19);4-6H2,1-3H3/b10-4+,11-5+;. The van der Waals surface area contributed by atoms with Crippen molar-refractivity contribution in [3.8, 4) is 0 Å². The number of carbonyl (C=O) groups excluding carboxylic acids is 1. The fraction of sp³-hybridized carbons (Fsp3) is 0.684. The van der Waals surface area contributed by atoms with E-state index in [4.69, 9.17) is 16.8 Å². The summed E-state index contributed by atoms with van der Waals surface area (Å²) >= 11 is 8.13. The molecule has 2 rings (SSSR count). The summed E-state index contributed by atoms with van der Waals surface area (Å²) < 4.78 is 30.9. The third-order valence-electron chi connectivity index (χ3n) is 4.66. The average molecular weight is 496 g/mol. The van der Waals surface area contributed by atoms with E-state index < -0.39 is 10.1 Å². The maximum atomic E-state index is 12.1. The molecule has 0 aromatic heterocycles. The van der Waals surface area contributed by atoms with Gasteiger partial charge in [0, 0.05) is 25.4 Å². The topological polar surface area (TPSA) is 81.2 Å². The zero-order chi connectivity index (χ0) is 22.7. The molecule has 1 N–H and O–H groups in total. The highest BCUT2D eigenvalue weighted by Crippen LogP contribution is 2.32. The molecule has 0 radical (unpaired) electrons. The molecule has 2 heterocycles. The molecule has 0 atom stereocenters. The quantitative estimate of drug-likeness (QED) is 0.294. The van der Waals surface area contributed by atoms with Gasteiger partial charge in [-0.05, 0) is 45.1 Å². The predicted octanol–water partition coefficient (Wildman–Crippen LogP) is 3.27. The van der Waals surface area contributed by atoms with Gasteiger partial charge < -0.3 is 9.80 Å². The molecular weight excluding hydrogens is 462 g/mol. The summed E-state index contributed by atoms with van der Waals surface area (Å²) in [6.45, 7) is 14.0. The van der Waals surface area contributed by atoms with E-state index in [9.17, 15) is 13.2 Å². The highest BCUT2D eigenvalue weighted by molar-refractivity contribution is 8.26. The Morgan fingerprint density at radius 1 is 1.17 bits per heavy atom. The smallest absolute Gasteiger partial charge is 0.266 e.